The van der Waals surface area contributed by atoms with E-state index < -0.39 is 23.4 Å². The fourth-order valence-corrected chi connectivity index (χ4v) is 4.32. The van der Waals surface area contributed by atoms with Crippen molar-refractivity contribution in [3.8, 4) is 16.9 Å². The number of rotatable bonds is 6. The molecule has 0 saturated carbocycles. The molecular weight excluding hydrogens is 482 g/mol. The standard InChI is InChI=1S/C24H17F4N5OS/c1-3-14-7-9-35-21(14)23(34)31-12-15-4-5-17(11-19(15)25)33-8-6-20(32-33)16-10-18(24(26,27)28)22(29-2)30-13-16/h4-11,13H,3,12H2,1H3,(H,31,34). The number of thiophene rings is 1. The lowest BCUT2D eigenvalue weighted by molar-refractivity contribution is -0.137. The number of aryl methyl sites for hydroxylation is 1. The number of alkyl halides is 3. The van der Waals surface area contributed by atoms with E-state index in [0.717, 1.165) is 24.2 Å². The quantitative estimate of drug-likeness (QED) is 0.254. The first-order chi connectivity index (χ1) is 16.7. The van der Waals surface area contributed by atoms with Gasteiger partial charge in [0, 0.05) is 23.9 Å². The maximum absolute atomic E-state index is 14.7. The molecule has 11 heteroatoms. The van der Waals surface area contributed by atoms with Gasteiger partial charge in [-0.15, -0.1) is 16.3 Å². The van der Waals surface area contributed by atoms with E-state index in [1.165, 1.54) is 40.4 Å². The van der Waals surface area contributed by atoms with Crippen LogP contribution >= 0.6 is 11.3 Å². The summed E-state index contributed by atoms with van der Waals surface area (Å²) in [6, 6.07) is 8.49. The third kappa shape index (κ3) is 5.07. The summed E-state index contributed by atoms with van der Waals surface area (Å²) in [6.45, 7) is 8.83. The molecule has 3 heterocycles. The number of hydrogen-bond donors (Lipinski definition) is 1. The Hall–Kier alpha value is -4.04. The Morgan fingerprint density at radius 3 is 2.69 bits per heavy atom. The average Bonchev–Trinajstić information content (AvgIpc) is 3.52. The second-order valence-corrected chi connectivity index (χ2v) is 8.35. The van der Waals surface area contributed by atoms with Crippen LogP contribution in [-0.4, -0.2) is 20.7 Å². The lowest BCUT2D eigenvalue weighted by Crippen LogP contribution is -2.23. The summed E-state index contributed by atoms with van der Waals surface area (Å²) in [4.78, 5) is 19.4. The SMILES string of the molecule is [C-]#[N+]c1ncc(-c2ccn(-c3ccc(CNC(=O)c4sccc4CC)c(F)c3)n2)cc1C(F)(F)F. The zero-order chi connectivity index (χ0) is 25.2. The van der Waals surface area contributed by atoms with Crippen LogP contribution in [0.5, 0.6) is 0 Å². The van der Waals surface area contributed by atoms with Gasteiger partial charge in [0.05, 0.1) is 21.8 Å². The topological polar surface area (TPSA) is 64.2 Å². The third-order valence-corrected chi connectivity index (χ3v) is 6.19. The highest BCUT2D eigenvalue weighted by Crippen LogP contribution is 2.37. The molecular formula is C24H17F4N5OS. The number of hydrogen-bond acceptors (Lipinski definition) is 4. The first-order valence-electron chi connectivity index (χ1n) is 10.4. The van der Waals surface area contributed by atoms with E-state index in [4.69, 9.17) is 6.57 Å². The van der Waals surface area contributed by atoms with E-state index in [9.17, 15) is 22.4 Å². The van der Waals surface area contributed by atoms with E-state index in [2.05, 4.69) is 20.2 Å². The second kappa shape index (κ2) is 9.68. The Balaban J connectivity index is 1.52. The molecule has 0 fully saturated rings. The molecule has 0 spiro atoms. The second-order valence-electron chi connectivity index (χ2n) is 7.44. The molecule has 1 aromatic carbocycles. The maximum atomic E-state index is 14.7. The van der Waals surface area contributed by atoms with Crippen LogP contribution in [0.3, 0.4) is 0 Å². The molecule has 3 aromatic heterocycles. The van der Waals surface area contributed by atoms with E-state index >= 15 is 0 Å². The summed E-state index contributed by atoms with van der Waals surface area (Å²) in [5, 5.41) is 8.78. The van der Waals surface area contributed by atoms with Crippen LogP contribution in [0.15, 0.2) is 54.2 Å². The molecule has 0 radical (unpaired) electrons. The van der Waals surface area contributed by atoms with Crippen LogP contribution in [0.4, 0.5) is 23.4 Å². The van der Waals surface area contributed by atoms with E-state index in [1.807, 2.05) is 18.4 Å². The minimum atomic E-state index is -4.73. The first-order valence-corrected chi connectivity index (χ1v) is 11.2. The van der Waals surface area contributed by atoms with Gasteiger partial charge in [0.2, 0.25) is 0 Å². The molecule has 4 aromatic rings. The number of pyridine rings is 1. The van der Waals surface area contributed by atoms with Crippen molar-refractivity contribution in [2.24, 2.45) is 0 Å². The summed E-state index contributed by atoms with van der Waals surface area (Å²) < 4.78 is 55.7. The van der Waals surface area contributed by atoms with Crippen LogP contribution in [0.2, 0.25) is 0 Å². The molecule has 0 bridgehead atoms. The van der Waals surface area contributed by atoms with Crippen molar-refractivity contribution in [2.75, 3.05) is 0 Å². The summed E-state index contributed by atoms with van der Waals surface area (Å²) >= 11 is 1.33. The van der Waals surface area contributed by atoms with Gasteiger partial charge in [0.25, 0.3) is 11.7 Å². The van der Waals surface area contributed by atoms with Gasteiger partial charge in [-0.25, -0.2) is 9.07 Å². The highest BCUT2D eigenvalue weighted by atomic mass is 32.1. The molecule has 6 nitrogen and oxygen atoms in total. The lowest BCUT2D eigenvalue weighted by Gasteiger charge is -2.09. The average molecular weight is 499 g/mol. The van der Waals surface area contributed by atoms with Gasteiger partial charge in [0.15, 0.2) is 0 Å². The van der Waals surface area contributed by atoms with E-state index in [0.29, 0.717) is 10.6 Å². The van der Waals surface area contributed by atoms with Crippen molar-refractivity contribution in [1.82, 2.24) is 20.1 Å². The zero-order valence-corrected chi connectivity index (χ0v) is 19.0. The Morgan fingerprint density at radius 1 is 1.20 bits per heavy atom. The summed E-state index contributed by atoms with van der Waals surface area (Å²) in [5.41, 5.74) is 0.655. The Labute approximate surface area is 201 Å². The monoisotopic (exact) mass is 499 g/mol. The number of carbonyl (C=O) groups is 1. The normalized spacial score (nSPS) is 11.3. The highest BCUT2D eigenvalue weighted by molar-refractivity contribution is 7.12. The van der Waals surface area contributed by atoms with Gasteiger partial charge >= 0.3 is 6.18 Å². The van der Waals surface area contributed by atoms with Gasteiger partial charge in [-0.1, -0.05) is 19.6 Å². The summed E-state index contributed by atoms with van der Waals surface area (Å²) in [5.74, 6) is -1.58. The smallest absolute Gasteiger partial charge is 0.360 e. The van der Waals surface area contributed by atoms with E-state index in [1.54, 1.807) is 6.07 Å². The molecule has 1 amide bonds. The minimum absolute atomic E-state index is 0.00432. The largest absolute Gasteiger partial charge is 0.409 e. The van der Waals surface area contributed by atoms with Gasteiger partial charge in [-0.3, -0.25) is 4.79 Å². The maximum Gasteiger partial charge on any atom is 0.409 e. The molecule has 0 unspecified atom stereocenters. The molecule has 0 aliphatic rings. The lowest BCUT2D eigenvalue weighted by atomic mass is 10.1. The molecule has 0 aliphatic heterocycles. The number of amides is 1. The van der Waals surface area contributed by atoms with Crippen LogP contribution in [0, 0.1) is 12.4 Å². The molecule has 0 atom stereocenters. The van der Waals surface area contributed by atoms with Crippen LogP contribution in [-0.2, 0) is 19.1 Å². The Morgan fingerprint density at radius 2 is 2.00 bits per heavy atom. The third-order valence-electron chi connectivity index (χ3n) is 5.24. The number of benzene rings is 1. The van der Waals surface area contributed by atoms with Gasteiger partial charge in [-0.2, -0.15) is 18.3 Å². The predicted octanol–water partition coefficient (Wildman–Crippen LogP) is 6.20. The minimum Gasteiger partial charge on any atom is -0.360 e. The van der Waals surface area contributed by atoms with Gasteiger partial charge < -0.3 is 10.2 Å². The highest BCUT2D eigenvalue weighted by Gasteiger charge is 2.35. The van der Waals surface area contributed by atoms with Crippen LogP contribution in [0.1, 0.15) is 33.3 Å². The summed E-state index contributed by atoms with van der Waals surface area (Å²) in [7, 11) is 0. The van der Waals surface area contributed by atoms with Crippen LogP contribution < -0.4 is 5.32 Å². The predicted molar refractivity (Wildman–Crippen MR) is 123 cm³/mol. The molecule has 178 valence electrons. The van der Waals surface area contributed by atoms with Crippen molar-refractivity contribution in [3.05, 3.63) is 93.0 Å². The number of nitrogens with zero attached hydrogens (tertiary/aromatic N) is 4. The summed E-state index contributed by atoms with van der Waals surface area (Å²) in [6.07, 6.45) is -1.40. The van der Waals surface area contributed by atoms with Crippen molar-refractivity contribution in [1.29, 1.82) is 0 Å². The fraction of sp³-hybridized carbons (Fsp3) is 0.167. The van der Waals surface area contributed by atoms with Crippen LogP contribution in [0.25, 0.3) is 21.8 Å². The zero-order valence-electron chi connectivity index (χ0n) is 18.2. The fourth-order valence-electron chi connectivity index (χ4n) is 3.41. The number of halogens is 4. The van der Waals surface area contributed by atoms with Crippen molar-refractivity contribution in [2.45, 2.75) is 26.1 Å². The Bertz CT molecular complexity index is 1430. The van der Waals surface area contributed by atoms with Crippen molar-refractivity contribution < 1.29 is 22.4 Å². The van der Waals surface area contributed by atoms with E-state index in [-0.39, 0.29) is 29.3 Å². The molecule has 35 heavy (non-hydrogen) atoms. The van der Waals surface area contributed by atoms with Gasteiger partial charge in [-0.05, 0) is 47.7 Å². The number of aromatic nitrogens is 3. The Kier molecular flexibility index (Phi) is 6.66. The molecule has 4 rings (SSSR count). The number of nitrogens with one attached hydrogen (secondary N) is 1. The number of carbonyl (C=O) groups excluding carboxylic acids is 1. The first kappa shape index (κ1) is 24.1. The van der Waals surface area contributed by atoms with Gasteiger partial charge in [0.1, 0.15) is 12.0 Å². The molecule has 0 saturated heterocycles. The molecule has 1 N–H and O–H groups in total. The van der Waals surface area contributed by atoms with Crippen molar-refractivity contribution in [3.63, 3.8) is 0 Å². The molecule has 0 aliphatic carbocycles. The van der Waals surface area contributed by atoms with Crippen molar-refractivity contribution >= 4 is 23.1 Å².